The molecule has 0 atom stereocenters. The summed E-state index contributed by atoms with van der Waals surface area (Å²) in [6, 6.07) is 4.65. The van der Waals surface area contributed by atoms with Crippen molar-refractivity contribution in [1.29, 1.82) is 0 Å². The molecule has 0 bridgehead atoms. The molecule has 0 radical (unpaired) electrons. The zero-order chi connectivity index (χ0) is 15.4. The molecule has 0 saturated heterocycles. The van der Waals surface area contributed by atoms with Crippen LogP contribution in [0.2, 0.25) is 0 Å². The second-order valence-corrected chi connectivity index (χ2v) is 4.13. The topological polar surface area (TPSA) is 106 Å². The number of fused-ring (bicyclic) bond motifs is 1. The van der Waals surface area contributed by atoms with Gasteiger partial charge in [0.1, 0.15) is 0 Å². The average Bonchev–Trinajstić information content (AvgIpc) is 2.44. The molecule has 0 fully saturated rings. The van der Waals surface area contributed by atoms with Crippen molar-refractivity contribution in [3.8, 4) is 17.2 Å². The molecule has 0 aliphatic heterocycles. The highest BCUT2D eigenvalue weighted by Gasteiger charge is 2.17. The maximum atomic E-state index is 11.8. The van der Waals surface area contributed by atoms with Gasteiger partial charge in [-0.2, -0.15) is 0 Å². The van der Waals surface area contributed by atoms with Gasteiger partial charge in [0, 0.05) is 0 Å². The molecule has 0 spiro atoms. The molecule has 112 valence electrons. The van der Waals surface area contributed by atoms with Crippen molar-refractivity contribution in [1.82, 2.24) is 0 Å². The summed E-state index contributed by atoms with van der Waals surface area (Å²) < 4.78 is 15.4. The number of rotatable bonds is 6. The Bertz CT molecular complexity index is 717. The van der Waals surface area contributed by atoms with Gasteiger partial charge in [-0.25, -0.2) is 4.79 Å². The van der Waals surface area contributed by atoms with Crippen molar-refractivity contribution in [2.75, 3.05) is 13.2 Å². The van der Waals surface area contributed by atoms with E-state index in [1.807, 2.05) is 0 Å². The van der Waals surface area contributed by atoms with E-state index in [1.54, 1.807) is 19.1 Å². The van der Waals surface area contributed by atoms with Crippen LogP contribution in [0.1, 0.15) is 13.3 Å². The van der Waals surface area contributed by atoms with Crippen LogP contribution in [0.25, 0.3) is 11.0 Å². The van der Waals surface area contributed by atoms with Crippen LogP contribution in [0, 0.1) is 0 Å². The summed E-state index contributed by atoms with van der Waals surface area (Å²) >= 11 is 0. The Morgan fingerprint density at radius 2 is 2.10 bits per heavy atom. The van der Waals surface area contributed by atoms with E-state index in [9.17, 15) is 14.7 Å². The van der Waals surface area contributed by atoms with E-state index in [1.165, 1.54) is 6.07 Å². The molecule has 0 unspecified atom stereocenters. The lowest BCUT2D eigenvalue weighted by Gasteiger charge is -2.10. The van der Waals surface area contributed by atoms with E-state index >= 15 is 0 Å². The van der Waals surface area contributed by atoms with E-state index in [0.717, 1.165) is 0 Å². The normalized spacial score (nSPS) is 10.5. The molecule has 0 aliphatic rings. The Hall–Kier alpha value is -2.70. The number of aromatic hydroxyl groups is 1. The Kier molecular flexibility index (Phi) is 4.32. The number of hydrogen-bond donors (Lipinski definition) is 2. The molecule has 2 aromatic rings. The molecule has 0 aliphatic carbocycles. The second-order valence-electron chi connectivity index (χ2n) is 4.13. The quantitative estimate of drug-likeness (QED) is 0.781. The van der Waals surface area contributed by atoms with Gasteiger partial charge in [0.15, 0.2) is 17.1 Å². The fourth-order valence-electron chi connectivity index (χ4n) is 1.80. The third-order valence-electron chi connectivity index (χ3n) is 2.69. The molecule has 1 aromatic heterocycles. The van der Waals surface area contributed by atoms with Gasteiger partial charge in [-0.15, -0.1) is 0 Å². The van der Waals surface area contributed by atoms with Gasteiger partial charge < -0.3 is 24.1 Å². The van der Waals surface area contributed by atoms with E-state index in [4.69, 9.17) is 19.0 Å². The SMILES string of the molecule is CCOc1c(O)c2cccc(OCCC(=O)O)c2oc1=O. The monoisotopic (exact) mass is 294 g/mol. The van der Waals surface area contributed by atoms with Crippen molar-refractivity contribution in [3.63, 3.8) is 0 Å². The Morgan fingerprint density at radius 3 is 2.76 bits per heavy atom. The fourth-order valence-corrected chi connectivity index (χ4v) is 1.80. The maximum Gasteiger partial charge on any atom is 0.383 e. The number of hydrogen-bond acceptors (Lipinski definition) is 6. The summed E-state index contributed by atoms with van der Waals surface area (Å²) in [6.45, 7) is 1.80. The number of para-hydroxylation sites is 1. The lowest BCUT2D eigenvalue weighted by atomic mass is 10.2. The smallest absolute Gasteiger partial charge is 0.383 e. The minimum atomic E-state index is -1.00. The summed E-state index contributed by atoms with van der Waals surface area (Å²) in [4.78, 5) is 22.2. The zero-order valence-corrected chi connectivity index (χ0v) is 11.3. The first-order valence-electron chi connectivity index (χ1n) is 6.30. The zero-order valence-electron chi connectivity index (χ0n) is 11.3. The molecule has 0 amide bonds. The first kappa shape index (κ1) is 14.7. The Labute approximate surface area is 119 Å². The van der Waals surface area contributed by atoms with E-state index in [-0.39, 0.29) is 47.9 Å². The second kappa shape index (κ2) is 6.17. The van der Waals surface area contributed by atoms with Crippen molar-refractivity contribution in [2.45, 2.75) is 13.3 Å². The lowest BCUT2D eigenvalue weighted by Crippen LogP contribution is -2.08. The van der Waals surface area contributed by atoms with E-state index < -0.39 is 11.6 Å². The van der Waals surface area contributed by atoms with Gasteiger partial charge in [0.05, 0.1) is 25.0 Å². The summed E-state index contributed by atoms with van der Waals surface area (Å²) in [5.41, 5.74) is -0.773. The fraction of sp³-hybridized carbons (Fsp3) is 0.286. The summed E-state index contributed by atoms with van der Waals surface area (Å²) in [5.74, 6) is -1.40. The molecular formula is C14H14O7. The number of ether oxygens (including phenoxy) is 2. The number of benzene rings is 1. The summed E-state index contributed by atoms with van der Waals surface area (Å²) in [7, 11) is 0. The summed E-state index contributed by atoms with van der Waals surface area (Å²) in [6.07, 6.45) is -0.191. The van der Waals surface area contributed by atoms with Crippen LogP contribution in [0.3, 0.4) is 0 Å². The highest BCUT2D eigenvalue weighted by Crippen LogP contribution is 2.35. The van der Waals surface area contributed by atoms with Gasteiger partial charge in [-0.3, -0.25) is 4.79 Å². The first-order valence-corrected chi connectivity index (χ1v) is 6.30. The Morgan fingerprint density at radius 1 is 1.33 bits per heavy atom. The van der Waals surface area contributed by atoms with Gasteiger partial charge in [-0.1, -0.05) is 6.07 Å². The minimum absolute atomic E-state index is 0.0499. The van der Waals surface area contributed by atoms with Crippen molar-refractivity contribution >= 4 is 16.9 Å². The van der Waals surface area contributed by atoms with Crippen LogP contribution in [0.5, 0.6) is 17.2 Å². The summed E-state index contributed by atoms with van der Waals surface area (Å²) in [5, 5.41) is 18.9. The van der Waals surface area contributed by atoms with Gasteiger partial charge in [0.2, 0.25) is 5.75 Å². The molecule has 2 N–H and O–H groups in total. The third kappa shape index (κ3) is 3.07. The lowest BCUT2D eigenvalue weighted by molar-refractivity contribution is -0.137. The predicted octanol–water partition coefficient (Wildman–Crippen LogP) is 1.75. The maximum absolute atomic E-state index is 11.8. The largest absolute Gasteiger partial charge is 0.504 e. The molecule has 1 aromatic carbocycles. The Balaban J connectivity index is 2.45. The van der Waals surface area contributed by atoms with Crippen LogP contribution in [-0.2, 0) is 4.79 Å². The molecule has 21 heavy (non-hydrogen) atoms. The van der Waals surface area contributed by atoms with Crippen LogP contribution in [0.4, 0.5) is 0 Å². The highest BCUT2D eigenvalue weighted by molar-refractivity contribution is 5.89. The van der Waals surface area contributed by atoms with Crippen molar-refractivity contribution in [3.05, 3.63) is 28.6 Å². The number of carbonyl (C=O) groups is 1. The standard InChI is InChI=1S/C14H14O7/c1-2-19-13-11(17)8-4-3-5-9(12(8)21-14(13)18)20-7-6-10(15)16/h3-5,17H,2,6-7H2,1H3,(H,15,16). The number of carboxylic acid groups (broad SMARTS) is 1. The molecule has 7 heteroatoms. The van der Waals surface area contributed by atoms with Crippen LogP contribution < -0.4 is 15.1 Å². The van der Waals surface area contributed by atoms with Crippen LogP contribution >= 0.6 is 0 Å². The van der Waals surface area contributed by atoms with Crippen molar-refractivity contribution < 1.29 is 28.9 Å². The highest BCUT2D eigenvalue weighted by atomic mass is 16.5. The third-order valence-corrected chi connectivity index (χ3v) is 2.69. The van der Waals surface area contributed by atoms with Crippen LogP contribution in [0.15, 0.2) is 27.4 Å². The molecule has 1 heterocycles. The van der Waals surface area contributed by atoms with E-state index in [0.29, 0.717) is 0 Å². The number of carboxylic acids is 1. The molecule has 2 rings (SSSR count). The van der Waals surface area contributed by atoms with Gasteiger partial charge >= 0.3 is 11.6 Å². The average molecular weight is 294 g/mol. The van der Waals surface area contributed by atoms with Crippen molar-refractivity contribution in [2.24, 2.45) is 0 Å². The van der Waals surface area contributed by atoms with Gasteiger partial charge in [0.25, 0.3) is 0 Å². The van der Waals surface area contributed by atoms with Crippen LogP contribution in [-0.4, -0.2) is 29.4 Å². The number of aliphatic carboxylic acids is 1. The minimum Gasteiger partial charge on any atom is -0.504 e. The predicted molar refractivity (Wildman–Crippen MR) is 73.1 cm³/mol. The first-order chi connectivity index (χ1) is 10.0. The van der Waals surface area contributed by atoms with Gasteiger partial charge in [-0.05, 0) is 19.1 Å². The molecular weight excluding hydrogens is 280 g/mol. The van der Waals surface area contributed by atoms with E-state index in [2.05, 4.69) is 0 Å². The molecule has 0 saturated carbocycles. The molecule has 7 nitrogen and oxygen atoms in total.